The summed E-state index contributed by atoms with van der Waals surface area (Å²) in [6, 6.07) is 10.0. The minimum atomic E-state index is 0.803. The van der Waals surface area contributed by atoms with Crippen LogP contribution in [0.15, 0.2) is 30.3 Å². The third-order valence-electron chi connectivity index (χ3n) is 2.65. The van der Waals surface area contributed by atoms with Crippen LogP contribution in [0.5, 0.6) is 0 Å². The second kappa shape index (κ2) is 4.83. The summed E-state index contributed by atoms with van der Waals surface area (Å²) in [6.07, 6.45) is 0.915. The van der Waals surface area contributed by atoms with Crippen LogP contribution < -0.4 is 5.32 Å². The van der Waals surface area contributed by atoms with E-state index in [9.17, 15) is 0 Å². The summed E-state index contributed by atoms with van der Waals surface area (Å²) in [5.74, 6) is 0.803. The molecule has 0 spiro atoms. The van der Waals surface area contributed by atoms with Crippen LogP contribution >= 0.6 is 11.3 Å². The zero-order valence-corrected chi connectivity index (χ0v) is 10.8. The summed E-state index contributed by atoms with van der Waals surface area (Å²) in [5.41, 5.74) is 1.04. The first-order valence-electron chi connectivity index (χ1n) is 5.79. The van der Waals surface area contributed by atoms with E-state index in [1.807, 2.05) is 41.9 Å². The largest absolute Gasteiger partial charge is 0.319 e. The second-order valence-electron chi connectivity index (χ2n) is 3.93. The van der Waals surface area contributed by atoms with E-state index in [0.29, 0.717) is 0 Å². The molecule has 0 aliphatic heterocycles. The number of nitrogens with one attached hydrogen (secondary N) is 1. The molecule has 0 saturated heterocycles. The molecule has 2 heterocycles. The molecule has 0 radical (unpaired) electrons. The Labute approximate surface area is 108 Å². The normalized spacial score (nSPS) is 11.2. The van der Waals surface area contributed by atoms with Crippen LogP contribution in [-0.4, -0.2) is 33.4 Å². The quantitative estimate of drug-likeness (QED) is 0.773. The Hall–Kier alpha value is -1.79. The van der Waals surface area contributed by atoms with Gasteiger partial charge in [-0.15, -0.1) is 10.2 Å². The molecule has 2 aromatic heterocycles. The van der Waals surface area contributed by atoms with Crippen molar-refractivity contribution in [2.45, 2.75) is 6.42 Å². The minimum absolute atomic E-state index is 0.803. The van der Waals surface area contributed by atoms with Gasteiger partial charge in [0.2, 0.25) is 4.96 Å². The van der Waals surface area contributed by atoms with E-state index in [1.165, 1.54) is 0 Å². The lowest BCUT2D eigenvalue weighted by Gasteiger charge is -1.95. The van der Waals surface area contributed by atoms with Crippen molar-refractivity contribution in [2.75, 3.05) is 13.6 Å². The van der Waals surface area contributed by atoms with E-state index in [1.54, 1.807) is 11.3 Å². The van der Waals surface area contributed by atoms with E-state index >= 15 is 0 Å². The number of rotatable bonds is 4. The van der Waals surface area contributed by atoms with Crippen LogP contribution in [0.25, 0.3) is 16.3 Å². The average molecular weight is 259 g/mol. The fourth-order valence-electron chi connectivity index (χ4n) is 1.76. The van der Waals surface area contributed by atoms with Crippen LogP contribution in [0, 0.1) is 0 Å². The highest BCUT2D eigenvalue weighted by molar-refractivity contribution is 7.16. The smallest absolute Gasteiger partial charge is 0.234 e. The molecule has 3 aromatic rings. The topological polar surface area (TPSA) is 55.1 Å². The van der Waals surface area contributed by atoms with E-state index in [4.69, 9.17) is 0 Å². The maximum atomic E-state index is 4.56. The van der Waals surface area contributed by atoms with Gasteiger partial charge in [0.05, 0.1) is 0 Å². The lowest BCUT2D eigenvalue weighted by atomic mass is 10.2. The van der Waals surface area contributed by atoms with Crippen LogP contribution in [0.3, 0.4) is 0 Å². The molecule has 0 aliphatic rings. The molecule has 0 amide bonds. The molecule has 0 unspecified atom stereocenters. The molecule has 1 N–H and O–H groups in total. The Morgan fingerprint density at radius 3 is 2.83 bits per heavy atom. The van der Waals surface area contributed by atoms with Gasteiger partial charge in [-0.2, -0.15) is 9.61 Å². The summed E-state index contributed by atoms with van der Waals surface area (Å²) in [7, 11) is 1.94. The van der Waals surface area contributed by atoms with Gasteiger partial charge in [-0.25, -0.2) is 0 Å². The zero-order chi connectivity index (χ0) is 12.4. The molecule has 92 valence electrons. The molecule has 0 saturated carbocycles. The minimum Gasteiger partial charge on any atom is -0.319 e. The first-order chi connectivity index (χ1) is 8.88. The Bertz CT molecular complexity index is 643. The first-order valence-corrected chi connectivity index (χ1v) is 6.61. The predicted octanol–water partition coefficient (Wildman–Crippen LogP) is 1.61. The van der Waals surface area contributed by atoms with Crippen LogP contribution in [-0.2, 0) is 6.42 Å². The van der Waals surface area contributed by atoms with Gasteiger partial charge in [0.1, 0.15) is 5.01 Å². The van der Waals surface area contributed by atoms with E-state index < -0.39 is 0 Å². The van der Waals surface area contributed by atoms with Gasteiger partial charge in [-0.1, -0.05) is 41.7 Å². The lowest BCUT2D eigenvalue weighted by molar-refractivity contribution is 0.771. The van der Waals surface area contributed by atoms with Crippen molar-refractivity contribution in [3.8, 4) is 11.4 Å². The van der Waals surface area contributed by atoms with Gasteiger partial charge >= 0.3 is 0 Å². The number of aromatic nitrogens is 4. The maximum absolute atomic E-state index is 4.56. The summed E-state index contributed by atoms with van der Waals surface area (Å²) in [5, 5.41) is 17.1. The molecule has 5 nitrogen and oxygen atoms in total. The molecule has 1 aromatic carbocycles. The molecule has 6 heteroatoms. The molecule has 0 bridgehead atoms. The maximum Gasteiger partial charge on any atom is 0.234 e. The van der Waals surface area contributed by atoms with Gasteiger partial charge < -0.3 is 5.32 Å². The van der Waals surface area contributed by atoms with Gasteiger partial charge in [-0.05, 0) is 7.05 Å². The summed E-state index contributed by atoms with van der Waals surface area (Å²) in [6.45, 7) is 0.921. The summed E-state index contributed by atoms with van der Waals surface area (Å²) < 4.78 is 1.82. The fourth-order valence-corrected chi connectivity index (χ4v) is 2.59. The van der Waals surface area contributed by atoms with Crippen molar-refractivity contribution in [1.29, 1.82) is 0 Å². The Balaban J connectivity index is 2.01. The standard InChI is InChI=1S/C12H13N5S/c1-13-8-7-10-16-17-11(14-15-12(17)18-10)9-5-3-2-4-6-9/h2-6,13H,7-8H2,1H3. The number of hydrogen-bond donors (Lipinski definition) is 1. The van der Waals surface area contributed by atoms with Crippen LogP contribution in [0.4, 0.5) is 0 Å². The van der Waals surface area contributed by atoms with Crippen molar-refractivity contribution in [3.05, 3.63) is 35.3 Å². The number of fused-ring (bicyclic) bond motifs is 1. The molecule has 3 rings (SSSR count). The molecule has 18 heavy (non-hydrogen) atoms. The van der Waals surface area contributed by atoms with E-state index in [0.717, 1.165) is 34.3 Å². The summed E-state index contributed by atoms with van der Waals surface area (Å²) >= 11 is 1.59. The fraction of sp³-hybridized carbons (Fsp3) is 0.250. The van der Waals surface area contributed by atoms with Crippen LogP contribution in [0.2, 0.25) is 0 Å². The van der Waals surface area contributed by atoms with Crippen molar-refractivity contribution in [3.63, 3.8) is 0 Å². The SMILES string of the molecule is CNCCc1nn2c(-c3ccccc3)nnc2s1. The molecule has 0 fully saturated rings. The van der Waals surface area contributed by atoms with Crippen molar-refractivity contribution in [2.24, 2.45) is 0 Å². The number of likely N-dealkylation sites (N-methyl/N-ethyl adjacent to an activating group) is 1. The lowest BCUT2D eigenvalue weighted by Crippen LogP contribution is -2.10. The van der Waals surface area contributed by atoms with Gasteiger partial charge in [0.15, 0.2) is 5.82 Å². The van der Waals surface area contributed by atoms with Crippen molar-refractivity contribution in [1.82, 2.24) is 25.1 Å². The second-order valence-corrected chi connectivity index (χ2v) is 4.97. The Kier molecular flexibility index (Phi) is 3.04. The Morgan fingerprint density at radius 2 is 2.06 bits per heavy atom. The Morgan fingerprint density at radius 1 is 1.22 bits per heavy atom. The van der Waals surface area contributed by atoms with E-state index in [-0.39, 0.29) is 0 Å². The monoisotopic (exact) mass is 259 g/mol. The molecule has 0 atom stereocenters. The number of nitrogens with zero attached hydrogens (tertiary/aromatic N) is 4. The molecular formula is C12H13N5S. The van der Waals surface area contributed by atoms with E-state index in [2.05, 4.69) is 20.6 Å². The third-order valence-corrected chi connectivity index (χ3v) is 3.61. The van der Waals surface area contributed by atoms with Gasteiger partial charge in [-0.3, -0.25) is 0 Å². The zero-order valence-electron chi connectivity index (χ0n) is 10.00. The molecular weight excluding hydrogens is 246 g/mol. The first kappa shape index (κ1) is 11.3. The van der Waals surface area contributed by atoms with Gasteiger partial charge in [0, 0.05) is 18.5 Å². The van der Waals surface area contributed by atoms with Gasteiger partial charge in [0.25, 0.3) is 0 Å². The van der Waals surface area contributed by atoms with Crippen molar-refractivity contribution >= 4 is 16.3 Å². The number of benzene rings is 1. The molecule has 0 aliphatic carbocycles. The highest BCUT2D eigenvalue weighted by Crippen LogP contribution is 2.21. The predicted molar refractivity (Wildman–Crippen MR) is 71.7 cm³/mol. The highest BCUT2D eigenvalue weighted by Gasteiger charge is 2.12. The highest BCUT2D eigenvalue weighted by atomic mass is 32.1. The van der Waals surface area contributed by atoms with Crippen LogP contribution in [0.1, 0.15) is 5.01 Å². The van der Waals surface area contributed by atoms with Crippen molar-refractivity contribution < 1.29 is 0 Å². The summed E-state index contributed by atoms with van der Waals surface area (Å²) in [4.78, 5) is 0.847. The average Bonchev–Trinajstić information content (AvgIpc) is 2.96. The third kappa shape index (κ3) is 2.00. The number of hydrogen-bond acceptors (Lipinski definition) is 5.